The molecule has 39 heavy (non-hydrogen) atoms. The Hall–Kier alpha value is -3.83. The van der Waals surface area contributed by atoms with E-state index < -0.39 is 4.92 Å². The van der Waals surface area contributed by atoms with Crippen molar-refractivity contribution in [1.82, 2.24) is 29.2 Å². The van der Waals surface area contributed by atoms with Gasteiger partial charge >= 0.3 is 0 Å². The molecule has 11 heteroatoms. The summed E-state index contributed by atoms with van der Waals surface area (Å²) < 4.78 is 9.46. The van der Waals surface area contributed by atoms with Gasteiger partial charge in [0, 0.05) is 55.5 Å². The van der Waals surface area contributed by atoms with Gasteiger partial charge < -0.3 is 14.6 Å². The number of hydrogen-bond acceptors (Lipinski definition) is 8. The molecule has 11 nitrogen and oxygen atoms in total. The van der Waals surface area contributed by atoms with Gasteiger partial charge in [0.1, 0.15) is 23.6 Å². The second kappa shape index (κ2) is 10.7. The number of fused-ring (bicyclic) bond motifs is 1. The van der Waals surface area contributed by atoms with E-state index in [0.717, 1.165) is 73.8 Å². The predicted molar refractivity (Wildman–Crippen MR) is 151 cm³/mol. The number of anilines is 2. The van der Waals surface area contributed by atoms with E-state index in [4.69, 9.17) is 9.84 Å². The van der Waals surface area contributed by atoms with Gasteiger partial charge in [-0.2, -0.15) is 5.10 Å². The molecule has 0 atom stereocenters. The van der Waals surface area contributed by atoms with Crippen molar-refractivity contribution in [2.24, 2.45) is 0 Å². The van der Waals surface area contributed by atoms with E-state index in [2.05, 4.69) is 59.4 Å². The van der Waals surface area contributed by atoms with Gasteiger partial charge in [-0.05, 0) is 31.9 Å². The van der Waals surface area contributed by atoms with Crippen molar-refractivity contribution in [2.75, 3.05) is 38.2 Å². The highest BCUT2D eigenvalue weighted by molar-refractivity contribution is 5.93. The number of nitrogens with zero attached hydrogens (tertiary/aromatic N) is 7. The third-order valence-electron chi connectivity index (χ3n) is 7.37. The zero-order chi connectivity index (χ0) is 27.7. The molecule has 5 rings (SSSR count). The van der Waals surface area contributed by atoms with Crippen LogP contribution in [-0.4, -0.2) is 67.0 Å². The Balaban J connectivity index is 1.50. The fraction of sp³-hybridized carbons (Fsp3) is 0.464. The SMILES string of the molecule is Cc1c(C)n(CCCN2CCOCC2)c2ncnc(Nc3cc(C(C)(C)C)nn3-c3cccc([N+](=O)[O-])c3)c12. The summed E-state index contributed by atoms with van der Waals surface area (Å²) in [4.78, 5) is 22.8. The van der Waals surface area contributed by atoms with E-state index in [1.54, 1.807) is 17.1 Å². The minimum absolute atomic E-state index is 0.0105. The maximum atomic E-state index is 11.4. The molecular formula is C28H36N8O3. The molecule has 0 radical (unpaired) electrons. The van der Waals surface area contributed by atoms with Crippen LogP contribution in [0.2, 0.25) is 0 Å². The van der Waals surface area contributed by atoms with Crippen molar-refractivity contribution >= 4 is 28.4 Å². The monoisotopic (exact) mass is 532 g/mol. The molecular weight excluding hydrogens is 496 g/mol. The van der Waals surface area contributed by atoms with Gasteiger partial charge in [0.2, 0.25) is 0 Å². The first kappa shape index (κ1) is 26.8. The summed E-state index contributed by atoms with van der Waals surface area (Å²) in [5, 5.41) is 20.7. The molecule has 0 unspecified atom stereocenters. The van der Waals surface area contributed by atoms with Gasteiger partial charge in [-0.3, -0.25) is 15.0 Å². The van der Waals surface area contributed by atoms with Crippen molar-refractivity contribution < 1.29 is 9.66 Å². The van der Waals surface area contributed by atoms with Crippen LogP contribution in [0.15, 0.2) is 36.7 Å². The van der Waals surface area contributed by atoms with Gasteiger partial charge in [-0.15, -0.1) is 0 Å². The van der Waals surface area contributed by atoms with E-state index in [1.165, 1.54) is 12.1 Å². The Morgan fingerprint density at radius 3 is 2.59 bits per heavy atom. The minimum atomic E-state index is -0.396. The molecule has 0 saturated carbocycles. The Labute approximate surface area is 228 Å². The number of aromatic nitrogens is 5. The van der Waals surface area contributed by atoms with E-state index >= 15 is 0 Å². The first-order valence-corrected chi connectivity index (χ1v) is 13.4. The third kappa shape index (κ3) is 5.50. The molecule has 1 aliphatic heterocycles. The smallest absolute Gasteiger partial charge is 0.271 e. The second-order valence-corrected chi connectivity index (χ2v) is 11.1. The topological polar surface area (TPSA) is 116 Å². The Morgan fingerprint density at radius 2 is 1.87 bits per heavy atom. The van der Waals surface area contributed by atoms with Crippen LogP contribution in [0, 0.1) is 24.0 Å². The summed E-state index contributed by atoms with van der Waals surface area (Å²) >= 11 is 0. The lowest BCUT2D eigenvalue weighted by molar-refractivity contribution is -0.384. The average Bonchev–Trinajstić information content (AvgIpc) is 3.45. The van der Waals surface area contributed by atoms with Crippen LogP contribution < -0.4 is 5.32 Å². The second-order valence-electron chi connectivity index (χ2n) is 11.1. The summed E-state index contributed by atoms with van der Waals surface area (Å²) in [6.45, 7) is 15.9. The number of rotatable bonds is 8. The fourth-order valence-corrected chi connectivity index (χ4v) is 5.01. The number of nitrogens with one attached hydrogen (secondary N) is 1. The zero-order valence-corrected chi connectivity index (χ0v) is 23.3. The van der Waals surface area contributed by atoms with Crippen LogP contribution in [0.5, 0.6) is 0 Å². The Morgan fingerprint density at radius 1 is 1.10 bits per heavy atom. The van der Waals surface area contributed by atoms with E-state index in [1.807, 2.05) is 12.1 Å². The van der Waals surface area contributed by atoms with E-state index in [9.17, 15) is 10.1 Å². The minimum Gasteiger partial charge on any atom is -0.379 e. The van der Waals surface area contributed by atoms with Gasteiger partial charge in [-0.25, -0.2) is 14.6 Å². The quantitative estimate of drug-likeness (QED) is 0.251. The van der Waals surface area contributed by atoms with Gasteiger partial charge in [0.15, 0.2) is 0 Å². The summed E-state index contributed by atoms with van der Waals surface area (Å²) in [5.41, 5.74) is 4.42. The highest BCUT2D eigenvalue weighted by Gasteiger charge is 2.23. The van der Waals surface area contributed by atoms with Crippen LogP contribution in [0.25, 0.3) is 16.7 Å². The lowest BCUT2D eigenvalue weighted by atomic mass is 9.92. The van der Waals surface area contributed by atoms with Crippen LogP contribution in [0.3, 0.4) is 0 Å². The number of ether oxygens (including phenoxy) is 1. The molecule has 206 valence electrons. The Kier molecular flexibility index (Phi) is 7.37. The molecule has 1 saturated heterocycles. The van der Waals surface area contributed by atoms with Crippen LogP contribution in [0.4, 0.5) is 17.3 Å². The highest BCUT2D eigenvalue weighted by Crippen LogP contribution is 2.33. The summed E-state index contributed by atoms with van der Waals surface area (Å²) in [5.74, 6) is 1.36. The van der Waals surface area contributed by atoms with Gasteiger partial charge in [0.25, 0.3) is 5.69 Å². The van der Waals surface area contributed by atoms with Crippen LogP contribution >= 0.6 is 0 Å². The average molecular weight is 533 g/mol. The zero-order valence-electron chi connectivity index (χ0n) is 23.3. The number of non-ortho nitro benzene ring substituents is 1. The van der Waals surface area contributed by atoms with Crippen molar-refractivity contribution in [2.45, 2.75) is 53.0 Å². The standard InChI is InChI=1S/C28H36N8O3/c1-19-20(2)34(11-7-10-33-12-14-39-15-13-33)27-25(19)26(29-18-30-27)31-24-17-23(28(3,4)5)32-35(24)21-8-6-9-22(16-21)36(37)38/h6,8-9,16-18H,7,10-15H2,1-5H3,(H,29,30,31). The number of nitro groups is 1. The largest absolute Gasteiger partial charge is 0.379 e. The molecule has 0 spiro atoms. The molecule has 0 bridgehead atoms. The molecule has 4 aromatic rings. The maximum absolute atomic E-state index is 11.4. The van der Waals surface area contributed by atoms with Crippen LogP contribution in [-0.2, 0) is 16.7 Å². The number of benzene rings is 1. The van der Waals surface area contributed by atoms with E-state index in [0.29, 0.717) is 17.3 Å². The number of hydrogen-bond donors (Lipinski definition) is 1. The van der Waals surface area contributed by atoms with Crippen molar-refractivity contribution in [1.29, 1.82) is 0 Å². The predicted octanol–water partition coefficient (Wildman–Crippen LogP) is 4.91. The van der Waals surface area contributed by atoms with Crippen molar-refractivity contribution in [3.8, 4) is 5.69 Å². The third-order valence-corrected chi connectivity index (χ3v) is 7.37. The molecule has 0 amide bonds. The first-order valence-electron chi connectivity index (χ1n) is 13.4. The molecule has 4 heterocycles. The molecule has 3 aromatic heterocycles. The lowest BCUT2D eigenvalue weighted by Gasteiger charge is -2.26. The number of morpholine rings is 1. The molecule has 1 fully saturated rings. The highest BCUT2D eigenvalue weighted by atomic mass is 16.6. The summed E-state index contributed by atoms with van der Waals surface area (Å²) in [7, 11) is 0. The summed E-state index contributed by atoms with van der Waals surface area (Å²) in [6, 6.07) is 8.47. The molecule has 1 aromatic carbocycles. The van der Waals surface area contributed by atoms with Crippen molar-refractivity contribution in [3.63, 3.8) is 0 Å². The molecule has 0 aliphatic carbocycles. The molecule has 1 N–H and O–H groups in total. The fourth-order valence-electron chi connectivity index (χ4n) is 5.01. The lowest BCUT2D eigenvalue weighted by Crippen LogP contribution is -2.37. The van der Waals surface area contributed by atoms with Gasteiger partial charge in [0.05, 0.1) is 34.9 Å². The van der Waals surface area contributed by atoms with Crippen LogP contribution in [0.1, 0.15) is 44.1 Å². The van der Waals surface area contributed by atoms with E-state index in [-0.39, 0.29) is 11.1 Å². The van der Waals surface area contributed by atoms with Crippen molar-refractivity contribution in [3.05, 3.63) is 63.7 Å². The Bertz CT molecular complexity index is 1490. The first-order chi connectivity index (χ1) is 18.6. The van der Waals surface area contributed by atoms with Gasteiger partial charge in [-0.1, -0.05) is 26.8 Å². The normalized spacial score (nSPS) is 14.7. The number of nitro benzene ring substituents is 1. The molecule has 1 aliphatic rings. The summed E-state index contributed by atoms with van der Waals surface area (Å²) in [6.07, 6.45) is 2.60. The number of aryl methyl sites for hydroxylation is 2. The maximum Gasteiger partial charge on any atom is 0.271 e.